The number of fused-ring (bicyclic) bond motifs is 1. The van der Waals surface area contributed by atoms with E-state index in [9.17, 15) is 8.78 Å². The first-order valence-corrected chi connectivity index (χ1v) is 5.19. The molecule has 0 aliphatic heterocycles. The molecule has 0 N–H and O–H groups in total. The molecule has 0 aliphatic rings. The average molecular weight is 212 g/mol. The van der Waals surface area contributed by atoms with Gasteiger partial charge in [-0.2, -0.15) is 0 Å². The smallest absolute Gasteiger partial charge is 0.204 e. The largest absolute Gasteiger partial charge is 0.272 e. The highest BCUT2D eigenvalue weighted by molar-refractivity contribution is 7.19. The van der Waals surface area contributed by atoms with Crippen LogP contribution in [0, 0.1) is 13.8 Å². The second-order valence-electron chi connectivity index (χ2n) is 3.38. The first kappa shape index (κ1) is 9.59. The minimum Gasteiger partial charge on any atom is -0.204 e. The summed E-state index contributed by atoms with van der Waals surface area (Å²) in [6.45, 7) is 3.97. The van der Waals surface area contributed by atoms with Crippen LogP contribution >= 0.6 is 11.3 Å². The summed E-state index contributed by atoms with van der Waals surface area (Å²) in [5.74, 6) is 0. The van der Waals surface area contributed by atoms with Gasteiger partial charge in [0.05, 0.1) is 4.88 Å². The molecule has 0 saturated carbocycles. The fourth-order valence-electron chi connectivity index (χ4n) is 1.47. The SMILES string of the molecule is Cc1ccc2cc(C(F)F)sc2c1C. The summed E-state index contributed by atoms with van der Waals surface area (Å²) < 4.78 is 25.9. The highest BCUT2D eigenvalue weighted by Crippen LogP contribution is 2.35. The first-order chi connectivity index (χ1) is 6.59. The molecule has 2 rings (SSSR count). The summed E-state index contributed by atoms with van der Waals surface area (Å²) in [6.07, 6.45) is -2.35. The zero-order valence-electron chi connectivity index (χ0n) is 7.97. The molecule has 0 fully saturated rings. The number of benzene rings is 1. The monoisotopic (exact) mass is 212 g/mol. The van der Waals surface area contributed by atoms with Crippen LogP contribution in [-0.2, 0) is 0 Å². The average Bonchev–Trinajstić information content (AvgIpc) is 2.56. The molecule has 0 saturated heterocycles. The van der Waals surface area contributed by atoms with Crippen molar-refractivity contribution >= 4 is 21.4 Å². The van der Waals surface area contributed by atoms with Crippen molar-refractivity contribution < 1.29 is 8.78 Å². The fraction of sp³-hybridized carbons (Fsp3) is 0.273. The van der Waals surface area contributed by atoms with E-state index in [0.29, 0.717) is 0 Å². The van der Waals surface area contributed by atoms with Crippen molar-refractivity contribution in [1.29, 1.82) is 0 Å². The predicted octanol–water partition coefficient (Wildman–Crippen LogP) is 4.46. The van der Waals surface area contributed by atoms with Gasteiger partial charge in [0.1, 0.15) is 0 Å². The van der Waals surface area contributed by atoms with Crippen molar-refractivity contribution in [1.82, 2.24) is 0 Å². The maximum Gasteiger partial charge on any atom is 0.272 e. The van der Waals surface area contributed by atoms with Gasteiger partial charge in [0.2, 0.25) is 0 Å². The van der Waals surface area contributed by atoms with E-state index in [1.165, 1.54) is 11.3 Å². The zero-order valence-corrected chi connectivity index (χ0v) is 8.79. The van der Waals surface area contributed by atoms with Crippen LogP contribution in [0.3, 0.4) is 0 Å². The Balaban J connectivity index is 2.71. The third-order valence-electron chi connectivity index (χ3n) is 2.44. The quantitative estimate of drug-likeness (QED) is 0.654. The van der Waals surface area contributed by atoms with E-state index in [4.69, 9.17) is 0 Å². The molecule has 0 spiro atoms. The third-order valence-corrected chi connectivity index (χ3v) is 3.72. The molecular weight excluding hydrogens is 202 g/mol. The maximum absolute atomic E-state index is 12.4. The molecule has 0 aliphatic carbocycles. The fourth-order valence-corrected chi connectivity index (χ4v) is 2.54. The van der Waals surface area contributed by atoms with E-state index in [-0.39, 0.29) is 4.88 Å². The molecule has 1 aromatic heterocycles. The molecule has 0 amide bonds. The molecule has 74 valence electrons. The Kier molecular flexibility index (Phi) is 2.27. The van der Waals surface area contributed by atoms with Gasteiger partial charge >= 0.3 is 0 Å². The molecular formula is C11H10F2S. The van der Waals surface area contributed by atoms with Crippen molar-refractivity contribution in [3.05, 3.63) is 34.2 Å². The Bertz CT molecular complexity index is 471. The zero-order chi connectivity index (χ0) is 10.3. The van der Waals surface area contributed by atoms with E-state index < -0.39 is 6.43 Å². The van der Waals surface area contributed by atoms with E-state index in [1.807, 2.05) is 26.0 Å². The Morgan fingerprint density at radius 1 is 1.21 bits per heavy atom. The van der Waals surface area contributed by atoms with Gasteiger partial charge in [-0.1, -0.05) is 12.1 Å². The van der Waals surface area contributed by atoms with Crippen molar-refractivity contribution in [3.63, 3.8) is 0 Å². The molecule has 3 heteroatoms. The minimum atomic E-state index is -2.35. The lowest BCUT2D eigenvalue weighted by Gasteiger charge is -1.99. The van der Waals surface area contributed by atoms with Gasteiger partial charge in [-0.05, 0) is 36.4 Å². The Morgan fingerprint density at radius 2 is 1.93 bits per heavy atom. The van der Waals surface area contributed by atoms with Crippen LogP contribution in [0.4, 0.5) is 8.78 Å². The van der Waals surface area contributed by atoms with E-state index in [0.717, 1.165) is 21.2 Å². The number of hydrogen-bond donors (Lipinski definition) is 0. The van der Waals surface area contributed by atoms with Crippen LogP contribution in [0.2, 0.25) is 0 Å². The molecule has 1 aromatic carbocycles. The molecule has 0 atom stereocenters. The van der Waals surface area contributed by atoms with Crippen molar-refractivity contribution in [2.45, 2.75) is 20.3 Å². The Labute approximate surface area is 85.2 Å². The minimum absolute atomic E-state index is 0.161. The van der Waals surface area contributed by atoms with E-state index >= 15 is 0 Å². The standard InChI is InChI=1S/C11H10F2S/c1-6-3-4-8-5-9(11(12)13)14-10(8)7(6)2/h3-5,11H,1-2H3. The number of halogens is 2. The molecule has 14 heavy (non-hydrogen) atoms. The summed E-state index contributed by atoms with van der Waals surface area (Å²) in [4.78, 5) is 0.161. The lowest BCUT2D eigenvalue weighted by Crippen LogP contribution is -1.77. The Hall–Kier alpha value is -0.960. The highest BCUT2D eigenvalue weighted by atomic mass is 32.1. The molecule has 1 heterocycles. The number of aryl methyl sites for hydroxylation is 2. The lowest BCUT2D eigenvalue weighted by molar-refractivity contribution is 0.156. The first-order valence-electron chi connectivity index (χ1n) is 4.37. The predicted molar refractivity (Wildman–Crippen MR) is 56.3 cm³/mol. The van der Waals surface area contributed by atoms with Gasteiger partial charge in [0, 0.05) is 4.70 Å². The highest BCUT2D eigenvalue weighted by Gasteiger charge is 2.12. The number of thiophene rings is 1. The normalized spacial score (nSPS) is 11.5. The van der Waals surface area contributed by atoms with Crippen LogP contribution in [0.15, 0.2) is 18.2 Å². The second-order valence-corrected chi connectivity index (χ2v) is 4.46. The summed E-state index contributed by atoms with van der Waals surface area (Å²) >= 11 is 1.20. The van der Waals surface area contributed by atoms with Gasteiger partial charge in [0.15, 0.2) is 0 Å². The molecule has 0 radical (unpaired) electrons. The van der Waals surface area contributed by atoms with Gasteiger partial charge in [-0.25, -0.2) is 8.78 Å². The van der Waals surface area contributed by atoms with Crippen LogP contribution < -0.4 is 0 Å². The van der Waals surface area contributed by atoms with Crippen molar-refractivity contribution in [2.75, 3.05) is 0 Å². The lowest BCUT2D eigenvalue weighted by atomic mass is 10.1. The summed E-state index contributed by atoms with van der Waals surface area (Å²) in [6, 6.07) is 5.46. The van der Waals surface area contributed by atoms with Crippen molar-refractivity contribution in [2.24, 2.45) is 0 Å². The van der Waals surface area contributed by atoms with Crippen molar-refractivity contribution in [3.8, 4) is 0 Å². The molecule has 0 unspecified atom stereocenters. The maximum atomic E-state index is 12.4. The summed E-state index contributed by atoms with van der Waals surface area (Å²) in [5, 5.41) is 0.924. The van der Waals surface area contributed by atoms with Crippen LogP contribution in [0.1, 0.15) is 22.4 Å². The van der Waals surface area contributed by atoms with Gasteiger partial charge < -0.3 is 0 Å². The molecule has 0 bridgehead atoms. The number of alkyl halides is 2. The van der Waals surface area contributed by atoms with Crippen LogP contribution in [-0.4, -0.2) is 0 Å². The number of rotatable bonds is 1. The third kappa shape index (κ3) is 1.42. The summed E-state index contributed by atoms with van der Waals surface area (Å²) in [5.41, 5.74) is 2.26. The molecule has 2 aromatic rings. The molecule has 0 nitrogen and oxygen atoms in total. The van der Waals surface area contributed by atoms with Crippen LogP contribution in [0.25, 0.3) is 10.1 Å². The number of hydrogen-bond acceptors (Lipinski definition) is 1. The van der Waals surface area contributed by atoms with Gasteiger partial charge in [-0.3, -0.25) is 0 Å². The van der Waals surface area contributed by atoms with Gasteiger partial charge in [0.25, 0.3) is 6.43 Å². The topological polar surface area (TPSA) is 0 Å². The Morgan fingerprint density at radius 3 is 2.57 bits per heavy atom. The second kappa shape index (κ2) is 3.31. The van der Waals surface area contributed by atoms with E-state index in [2.05, 4.69) is 0 Å². The van der Waals surface area contributed by atoms with E-state index in [1.54, 1.807) is 6.07 Å². The van der Waals surface area contributed by atoms with Gasteiger partial charge in [-0.15, -0.1) is 11.3 Å². The van der Waals surface area contributed by atoms with Crippen LogP contribution in [0.5, 0.6) is 0 Å². The summed E-state index contributed by atoms with van der Waals surface area (Å²) in [7, 11) is 0.